The summed E-state index contributed by atoms with van der Waals surface area (Å²) in [7, 11) is 0. The lowest BCUT2D eigenvalue weighted by molar-refractivity contribution is -0.150. The van der Waals surface area contributed by atoms with Crippen LogP contribution in [0.15, 0.2) is 5.11 Å². The van der Waals surface area contributed by atoms with Crippen LogP contribution < -0.4 is 0 Å². The van der Waals surface area contributed by atoms with Gasteiger partial charge in [-0.3, -0.25) is 4.79 Å². The number of carbonyl (C=O) groups is 2. The summed E-state index contributed by atoms with van der Waals surface area (Å²) < 4.78 is 0. The third-order valence-corrected chi connectivity index (χ3v) is 1.41. The second-order valence-electron chi connectivity index (χ2n) is 2.48. The lowest BCUT2D eigenvalue weighted by Gasteiger charge is -2.13. The molecule has 2 unspecified atom stereocenters. The van der Waals surface area contributed by atoms with E-state index in [0.717, 1.165) is 0 Å². The number of carboxylic acids is 1. The molecule has 0 aromatic rings. The van der Waals surface area contributed by atoms with E-state index in [4.69, 9.17) is 20.9 Å². The van der Waals surface area contributed by atoms with Gasteiger partial charge in [0.1, 0.15) is 0 Å². The predicted molar refractivity (Wildman–Crippen MR) is 43.3 cm³/mol. The van der Waals surface area contributed by atoms with E-state index >= 15 is 0 Å². The molecule has 0 spiro atoms. The smallest absolute Gasteiger partial charge is 0.372 e. The van der Waals surface area contributed by atoms with Crippen LogP contribution in [0.2, 0.25) is 0 Å². The molecule has 8 nitrogen and oxygen atoms in total. The van der Waals surface area contributed by atoms with Gasteiger partial charge in [0.2, 0.25) is 5.78 Å². The van der Waals surface area contributed by atoms with E-state index in [1.807, 2.05) is 0 Å². The molecular formula is C6H9N3O5. The van der Waals surface area contributed by atoms with Crippen LogP contribution in [0.3, 0.4) is 0 Å². The fourth-order valence-electron chi connectivity index (χ4n) is 0.655. The van der Waals surface area contributed by atoms with Crippen molar-refractivity contribution in [2.75, 3.05) is 6.54 Å². The highest BCUT2D eigenvalue weighted by atomic mass is 16.4. The first-order valence-corrected chi connectivity index (χ1v) is 3.62. The highest BCUT2D eigenvalue weighted by Crippen LogP contribution is 2.01. The largest absolute Gasteiger partial charge is 0.475 e. The standard InChI is InChI=1S/C6H9N3O5/c7-9-8-2-5(12)3(10)1-4(11)6(13)14/h3,5,10,12H,1-2H2,(H,13,14). The van der Waals surface area contributed by atoms with Gasteiger partial charge in [-0.15, -0.1) is 0 Å². The van der Waals surface area contributed by atoms with Gasteiger partial charge < -0.3 is 15.3 Å². The van der Waals surface area contributed by atoms with E-state index in [1.165, 1.54) is 0 Å². The fraction of sp³-hybridized carbons (Fsp3) is 0.667. The Morgan fingerprint density at radius 1 is 1.36 bits per heavy atom. The molecule has 0 aliphatic carbocycles. The zero-order valence-electron chi connectivity index (χ0n) is 7.07. The van der Waals surface area contributed by atoms with Crippen LogP contribution in [0.4, 0.5) is 0 Å². The molecule has 0 bridgehead atoms. The monoisotopic (exact) mass is 203 g/mol. The number of aliphatic hydroxyl groups is 2. The molecule has 78 valence electrons. The van der Waals surface area contributed by atoms with E-state index in [0.29, 0.717) is 0 Å². The number of ketones is 1. The lowest BCUT2D eigenvalue weighted by Crippen LogP contribution is -2.32. The lowest BCUT2D eigenvalue weighted by atomic mass is 10.1. The van der Waals surface area contributed by atoms with Gasteiger partial charge >= 0.3 is 5.97 Å². The Bertz CT molecular complexity index is 273. The number of aliphatic hydroxyl groups excluding tert-OH is 2. The highest BCUT2D eigenvalue weighted by Gasteiger charge is 2.22. The second-order valence-corrected chi connectivity index (χ2v) is 2.48. The third kappa shape index (κ3) is 4.41. The molecule has 8 heteroatoms. The Morgan fingerprint density at radius 2 is 1.93 bits per heavy atom. The fourth-order valence-corrected chi connectivity index (χ4v) is 0.655. The second kappa shape index (κ2) is 5.92. The number of carboxylic acid groups (broad SMARTS) is 1. The molecule has 0 radical (unpaired) electrons. The summed E-state index contributed by atoms with van der Waals surface area (Å²) >= 11 is 0. The molecule has 0 amide bonds. The molecule has 3 N–H and O–H groups in total. The van der Waals surface area contributed by atoms with Gasteiger partial charge in [0.25, 0.3) is 0 Å². The summed E-state index contributed by atoms with van der Waals surface area (Å²) in [5.41, 5.74) is 7.87. The van der Waals surface area contributed by atoms with Crippen molar-refractivity contribution in [3.05, 3.63) is 10.4 Å². The number of aliphatic carboxylic acids is 1. The van der Waals surface area contributed by atoms with Crippen LogP contribution in [-0.4, -0.2) is 45.8 Å². The predicted octanol–water partition coefficient (Wildman–Crippen LogP) is -0.938. The molecule has 0 aromatic heterocycles. The first-order valence-electron chi connectivity index (χ1n) is 3.62. The average molecular weight is 203 g/mol. The maximum Gasteiger partial charge on any atom is 0.372 e. The molecule has 0 saturated heterocycles. The maximum atomic E-state index is 10.6. The van der Waals surface area contributed by atoms with Crippen LogP contribution >= 0.6 is 0 Å². The van der Waals surface area contributed by atoms with E-state index in [-0.39, 0.29) is 0 Å². The van der Waals surface area contributed by atoms with Gasteiger partial charge in [0.15, 0.2) is 0 Å². The number of Topliss-reactive ketones (excluding diaryl/α,β-unsaturated/α-hetero) is 1. The van der Waals surface area contributed by atoms with Crippen molar-refractivity contribution in [1.29, 1.82) is 0 Å². The Balaban J connectivity index is 4.06. The molecule has 2 atom stereocenters. The van der Waals surface area contributed by atoms with Crippen LogP contribution in [0.25, 0.3) is 10.4 Å². The van der Waals surface area contributed by atoms with E-state index in [1.54, 1.807) is 0 Å². The van der Waals surface area contributed by atoms with Gasteiger partial charge in [0.05, 0.1) is 18.8 Å². The summed E-state index contributed by atoms with van der Waals surface area (Å²) in [6.45, 7) is -0.412. The molecule has 14 heavy (non-hydrogen) atoms. The Morgan fingerprint density at radius 3 is 2.36 bits per heavy atom. The van der Waals surface area contributed by atoms with Crippen molar-refractivity contribution < 1.29 is 24.9 Å². The summed E-state index contributed by atoms with van der Waals surface area (Å²) in [6.07, 6.45) is -3.68. The number of azide groups is 1. The summed E-state index contributed by atoms with van der Waals surface area (Å²) in [5, 5.41) is 29.2. The SMILES string of the molecule is [N-]=[N+]=NCC(O)C(O)CC(=O)C(=O)O. The summed E-state index contributed by atoms with van der Waals surface area (Å²) in [5.74, 6) is -2.89. The summed E-state index contributed by atoms with van der Waals surface area (Å²) in [4.78, 5) is 22.9. The zero-order valence-corrected chi connectivity index (χ0v) is 7.07. The number of nitrogens with zero attached hydrogens (tertiary/aromatic N) is 3. The minimum Gasteiger partial charge on any atom is -0.475 e. The minimum absolute atomic E-state index is 0.412. The van der Waals surface area contributed by atoms with E-state index in [9.17, 15) is 9.59 Å². The number of rotatable bonds is 6. The Kier molecular flexibility index (Phi) is 5.23. The highest BCUT2D eigenvalue weighted by molar-refractivity contribution is 6.32. The molecule has 0 aromatic carbocycles. The topological polar surface area (TPSA) is 144 Å². The molecule has 0 rings (SSSR count). The molecule has 0 fully saturated rings. The van der Waals surface area contributed by atoms with E-state index in [2.05, 4.69) is 10.0 Å². The van der Waals surface area contributed by atoms with Gasteiger partial charge in [-0.1, -0.05) is 5.11 Å². The Hall–Kier alpha value is -1.63. The molecule has 0 saturated carbocycles. The van der Waals surface area contributed by atoms with Crippen molar-refractivity contribution >= 4 is 11.8 Å². The Labute approximate surface area is 78.4 Å². The molecule has 0 heterocycles. The van der Waals surface area contributed by atoms with Crippen LogP contribution in [0.1, 0.15) is 6.42 Å². The van der Waals surface area contributed by atoms with Crippen LogP contribution in [0.5, 0.6) is 0 Å². The van der Waals surface area contributed by atoms with E-state index < -0.39 is 36.9 Å². The normalized spacial score (nSPS) is 13.9. The van der Waals surface area contributed by atoms with Crippen LogP contribution in [-0.2, 0) is 9.59 Å². The number of hydrogen-bond acceptors (Lipinski definition) is 5. The van der Waals surface area contributed by atoms with Crippen LogP contribution in [0, 0.1) is 0 Å². The van der Waals surface area contributed by atoms with Crippen molar-refractivity contribution in [3.63, 3.8) is 0 Å². The van der Waals surface area contributed by atoms with Crippen molar-refractivity contribution in [1.82, 2.24) is 0 Å². The third-order valence-electron chi connectivity index (χ3n) is 1.41. The molecule has 0 aliphatic rings. The molecule has 0 aliphatic heterocycles. The average Bonchev–Trinajstić information content (AvgIpc) is 2.13. The molecular weight excluding hydrogens is 194 g/mol. The van der Waals surface area contributed by atoms with Gasteiger partial charge in [-0.05, 0) is 5.53 Å². The zero-order chi connectivity index (χ0) is 11.1. The van der Waals surface area contributed by atoms with Crippen molar-refractivity contribution in [2.24, 2.45) is 5.11 Å². The van der Waals surface area contributed by atoms with Crippen molar-refractivity contribution in [3.8, 4) is 0 Å². The first kappa shape index (κ1) is 12.4. The van der Waals surface area contributed by atoms with Gasteiger partial charge in [-0.25, -0.2) is 4.79 Å². The minimum atomic E-state index is -1.68. The van der Waals surface area contributed by atoms with Gasteiger partial charge in [0, 0.05) is 11.3 Å². The number of carbonyl (C=O) groups excluding carboxylic acids is 1. The summed E-state index contributed by atoms with van der Waals surface area (Å²) in [6, 6.07) is 0. The first-order chi connectivity index (χ1) is 6.49. The van der Waals surface area contributed by atoms with Gasteiger partial charge in [-0.2, -0.15) is 0 Å². The maximum absolute atomic E-state index is 10.6. The quantitative estimate of drug-likeness (QED) is 0.221. The number of hydrogen-bond donors (Lipinski definition) is 3. The van der Waals surface area contributed by atoms with Crippen molar-refractivity contribution in [2.45, 2.75) is 18.6 Å².